The lowest BCUT2D eigenvalue weighted by molar-refractivity contribution is 0.0705. The molecule has 8 heteroatoms. The SMILES string of the molecule is CC(C)(C)NC(=O)OC[C@@H]1CN(c2ccc(C3[C@H]4CSC[C@@H]34)c(F)c2)C(=O)O1. The molecule has 3 fully saturated rings. The van der Waals surface area contributed by atoms with Crippen molar-refractivity contribution in [2.24, 2.45) is 11.8 Å². The summed E-state index contributed by atoms with van der Waals surface area (Å²) in [4.78, 5) is 25.3. The summed E-state index contributed by atoms with van der Waals surface area (Å²) in [6.45, 7) is 5.70. The fraction of sp³-hybridized carbons (Fsp3) is 0.600. The van der Waals surface area contributed by atoms with Gasteiger partial charge in [-0.25, -0.2) is 14.0 Å². The van der Waals surface area contributed by atoms with Crippen LogP contribution in [0.5, 0.6) is 0 Å². The van der Waals surface area contributed by atoms with Gasteiger partial charge in [0.25, 0.3) is 0 Å². The highest BCUT2D eigenvalue weighted by Crippen LogP contribution is 2.61. The largest absolute Gasteiger partial charge is 0.446 e. The van der Waals surface area contributed by atoms with E-state index in [9.17, 15) is 14.0 Å². The summed E-state index contributed by atoms with van der Waals surface area (Å²) in [6, 6.07) is 4.98. The molecule has 3 aliphatic rings. The number of carbonyl (C=O) groups is 2. The number of carbonyl (C=O) groups excluding carboxylic acids is 2. The Morgan fingerprint density at radius 1 is 1.36 bits per heavy atom. The van der Waals surface area contributed by atoms with Crippen LogP contribution in [0.15, 0.2) is 18.2 Å². The van der Waals surface area contributed by atoms with E-state index in [1.807, 2.05) is 32.5 Å². The fourth-order valence-corrected chi connectivity index (χ4v) is 5.57. The molecule has 4 rings (SSSR count). The average Bonchev–Trinajstić information content (AvgIpc) is 2.94. The molecule has 1 aromatic rings. The summed E-state index contributed by atoms with van der Waals surface area (Å²) < 4.78 is 25.1. The van der Waals surface area contributed by atoms with E-state index in [4.69, 9.17) is 9.47 Å². The number of rotatable bonds is 4. The number of alkyl carbamates (subject to hydrolysis) is 1. The van der Waals surface area contributed by atoms with E-state index in [1.54, 1.807) is 12.1 Å². The van der Waals surface area contributed by atoms with Gasteiger partial charge in [-0.05, 0) is 67.7 Å². The van der Waals surface area contributed by atoms with Gasteiger partial charge in [0, 0.05) is 5.54 Å². The molecule has 2 aliphatic heterocycles. The molecule has 4 atom stereocenters. The van der Waals surface area contributed by atoms with Crippen LogP contribution in [0, 0.1) is 17.7 Å². The molecule has 28 heavy (non-hydrogen) atoms. The van der Waals surface area contributed by atoms with Gasteiger partial charge in [-0.15, -0.1) is 0 Å². The van der Waals surface area contributed by atoms with Crippen LogP contribution in [0.3, 0.4) is 0 Å². The highest BCUT2D eigenvalue weighted by atomic mass is 32.2. The van der Waals surface area contributed by atoms with Crippen molar-refractivity contribution in [2.45, 2.75) is 38.3 Å². The highest BCUT2D eigenvalue weighted by molar-refractivity contribution is 7.99. The monoisotopic (exact) mass is 408 g/mol. The van der Waals surface area contributed by atoms with Crippen LogP contribution in [-0.2, 0) is 9.47 Å². The Kier molecular flexibility index (Phi) is 4.93. The quantitative estimate of drug-likeness (QED) is 0.822. The summed E-state index contributed by atoms with van der Waals surface area (Å²) in [5, 5.41) is 2.68. The maximum absolute atomic E-state index is 14.7. The molecule has 6 nitrogen and oxygen atoms in total. The maximum Gasteiger partial charge on any atom is 0.414 e. The second-order valence-corrected chi connectivity index (χ2v) is 9.76. The number of thioether (sulfide) groups is 1. The molecule has 1 aromatic carbocycles. The number of nitrogens with zero attached hydrogens (tertiary/aromatic N) is 1. The number of halogens is 1. The fourth-order valence-electron chi connectivity index (χ4n) is 3.99. The molecule has 152 valence electrons. The zero-order chi connectivity index (χ0) is 20.1. The topological polar surface area (TPSA) is 67.9 Å². The second-order valence-electron chi connectivity index (χ2n) is 8.69. The molecule has 1 N–H and O–H groups in total. The van der Waals surface area contributed by atoms with E-state index in [0.717, 1.165) is 17.1 Å². The van der Waals surface area contributed by atoms with Gasteiger partial charge < -0.3 is 14.8 Å². The Hall–Kier alpha value is -1.96. The Balaban J connectivity index is 1.35. The van der Waals surface area contributed by atoms with Crippen LogP contribution in [0.25, 0.3) is 0 Å². The predicted octanol–water partition coefficient (Wildman–Crippen LogP) is 3.75. The van der Waals surface area contributed by atoms with Gasteiger partial charge in [-0.2, -0.15) is 11.8 Å². The van der Waals surface area contributed by atoms with Crippen LogP contribution in [-0.4, -0.2) is 48.5 Å². The minimum atomic E-state index is -0.583. The van der Waals surface area contributed by atoms with Gasteiger partial charge in [0.05, 0.1) is 12.2 Å². The lowest BCUT2D eigenvalue weighted by atomic mass is 10.1. The molecule has 2 heterocycles. The molecule has 1 unspecified atom stereocenters. The zero-order valence-corrected chi connectivity index (χ0v) is 17.1. The van der Waals surface area contributed by atoms with E-state index in [-0.39, 0.29) is 19.0 Å². The number of amides is 2. The number of cyclic esters (lactones) is 1. The van der Waals surface area contributed by atoms with E-state index in [0.29, 0.717) is 23.4 Å². The van der Waals surface area contributed by atoms with E-state index in [2.05, 4.69) is 5.32 Å². The lowest BCUT2D eigenvalue weighted by Gasteiger charge is -2.20. The molecular weight excluding hydrogens is 383 g/mol. The van der Waals surface area contributed by atoms with Crippen LogP contribution in [0.2, 0.25) is 0 Å². The summed E-state index contributed by atoms with van der Waals surface area (Å²) in [5.74, 6) is 3.48. The lowest BCUT2D eigenvalue weighted by Crippen LogP contribution is -2.42. The Bertz CT molecular complexity index is 787. The van der Waals surface area contributed by atoms with Crippen molar-refractivity contribution >= 4 is 29.6 Å². The first-order chi connectivity index (χ1) is 13.2. The Morgan fingerprint density at radius 3 is 2.71 bits per heavy atom. The highest BCUT2D eigenvalue weighted by Gasteiger charge is 2.54. The summed E-state index contributed by atoms with van der Waals surface area (Å²) in [5.41, 5.74) is 0.812. The first-order valence-electron chi connectivity index (χ1n) is 9.53. The molecule has 0 bridgehead atoms. The van der Waals surface area contributed by atoms with Gasteiger partial charge in [0.1, 0.15) is 12.4 Å². The second kappa shape index (κ2) is 7.13. The van der Waals surface area contributed by atoms with E-state index < -0.39 is 23.8 Å². The minimum Gasteiger partial charge on any atom is -0.446 e. The van der Waals surface area contributed by atoms with E-state index >= 15 is 0 Å². The number of anilines is 1. The van der Waals surface area contributed by atoms with Gasteiger partial charge in [0.15, 0.2) is 6.10 Å². The van der Waals surface area contributed by atoms with Crippen LogP contribution in [0.4, 0.5) is 19.7 Å². The number of hydrogen-bond donors (Lipinski definition) is 1. The third-order valence-electron chi connectivity index (χ3n) is 5.36. The van der Waals surface area contributed by atoms with Crippen molar-refractivity contribution < 1.29 is 23.5 Å². The molecule has 0 spiro atoms. The molecule has 0 aromatic heterocycles. The third kappa shape index (κ3) is 3.92. The summed E-state index contributed by atoms with van der Waals surface area (Å²) in [6.07, 6.45) is -1.71. The zero-order valence-electron chi connectivity index (χ0n) is 16.2. The first-order valence-corrected chi connectivity index (χ1v) is 10.7. The normalized spacial score (nSPS) is 28.7. The van der Waals surface area contributed by atoms with Crippen LogP contribution >= 0.6 is 11.8 Å². The van der Waals surface area contributed by atoms with Crippen molar-refractivity contribution in [3.05, 3.63) is 29.6 Å². The van der Waals surface area contributed by atoms with Gasteiger partial charge in [-0.3, -0.25) is 4.90 Å². The van der Waals surface area contributed by atoms with Gasteiger partial charge >= 0.3 is 12.2 Å². The number of nitrogens with one attached hydrogen (secondary N) is 1. The van der Waals surface area contributed by atoms with Crippen molar-refractivity contribution in [2.75, 3.05) is 29.6 Å². The van der Waals surface area contributed by atoms with Crippen molar-refractivity contribution in [3.63, 3.8) is 0 Å². The molecule has 1 aliphatic carbocycles. The van der Waals surface area contributed by atoms with Crippen molar-refractivity contribution in [3.8, 4) is 0 Å². The number of ether oxygens (including phenoxy) is 2. The Labute approximate surface area is 168 Å². The number of hydrogen-bond acceptors (Lipinski definition) is 5. The summed E-state index contributed by atoms with van der Waals surface area (Å²) >= 11 is 1.94. The van der Waals surface area contributed by atoms with Crippen molar-refractivity contribution in [1.82, 2.24) is 5.32 Å². The van der Waals surface area contributed by atoms with Gasteiger partial charge in [0.2, 0.25) is 0 Å². The number of fused-ring (bicyclic) bond motifs is 1. The summed E-state index contributed by atoms with van der Waals surface area (Å²) in [7, 11) is 0. The Morgan fingerprint density at radius 2 is 2.07 bits per heavy atom. The van der Waals surface area contributed by atoms with Crippen molar-refractivity contribution in [1.29, 1.82) is 0 Å². The first kappa shape index (κ1) is 19.4. The average molecular weight is 408 g/mol. The molecule has 2 saturated heterocycles. The minimum absolute atomic E-state index is 0.0478. The molecule has 1 saturated carbocycles. The molecule has 0 radical (unpaired) electrons. The number of benzene rings is 1. The van der Waals surface area contributed by atoms with E-state index in [1.165, 1.54) is 11.0 Å². The van der Waals surface area contributed by atoms with Crippen LogP contribution < -0.4 is 10.2 Å². The molecule has 2 amide bonds. The molecular formula is C20H25FN2O4S. The van der Waals surface area contributed by atoms with Crippen LogP contribution in [0.1, 0.15) is 32.3 Å². The van der Waals surface area contributed by atoms with Gasteiger partial charge in [-0.1, -0.05) is 6.07 Å². The standard InChI is InChI=1S/C20H25FN2O4S/c1-20(2,3)22-18(24)26-8-12-7-23(19(25)27-12)11-4-5-13(16(21)6-11)17-14-9-28-10-15(14)17/h4-6,12,14-15,17H,7-10H2,1-3H3,(H,22,24)/t12-,14-,15+,17?/m0/s1. The third-order valence-corrected chi connectivity index (χ3v) is 6.60. The smallest absolute Gasteiger partial charge is 0.414 e. The predicted molar refractivity (Wildman–Crippen MR) is 105 cm³/mol. The maximum atomic E-state index is 14.7.